The summed E-state index contributed by atoms with van der Waals surface area (Å²) in [6.07, 6.45) is 0.0712. The van der Waals surface area contributed by atoms with E-state index < -0.39 is 0 Å². The Morgan fingerprint density at radius 1 is 1.00 bits per heavy atom. The third-order valence-electron chi connectivity index (χ3n) is 2.66. The van der Waals surface area contributed by atoms with Gasteiger partial charge in [0.15, 0.2) is 11.5 Å². The number of nitrogens with one attached hydrogen (secondary N) is 1. The minimum Gasteiger partial charge on any atom is -0.480 e. The third-order valence-corrected chi connectivity index (χ3v) is 3.26. The molecule has 3 rings (SSSR count). The number of ether oxygens (including phenoxy) is 2. The second-order valence-corrected chi connectivity index (χ2v) is 4.47. The van der Waals surface area contributed by atoms with Crippen LogP contribution in [0.4, 0.5) is 0 Å². The van der Waals surface area contributed by atoms with Gasteiger partial charge in [0.25, 0.3) is 0 Å². The minimum absolute atomic E-state index is 0.0356. The first-order valence-electron chi connectivity index (χ1n) is 4.78. The number of halogens is 2. The Bertz CT molecular complexity index is 374. The van der Waals surface area contributed by atoms with E-state index in [1.54, 1.807) is 12.1 Å². The van der Waals surface area contributed by atoms with Crippen LogP contribution >= 0.6 is 23.2 Å². The van der Waals surface area contributed by atoms with Gasteiger partial charge in [0.2, 0.25) is 0 Å². The fourth-order valence-electron chi connectivity index (χ4n) is 1.90. The number of fused-ring (bicyclic) bond motifs is 2. The molecule has 1 N–H and O–H groups in total. The van der Waals surface area contributed by atoms with E-state index in [1.165, 1.54) is 0 Å². The number of rotatable bonds is 0. The van der Waals surface area contributed by atoms with Gasteiger partial charge in [-0.15, -0.1) is 0 Å². The highest BCUT2D eigenvalue weighted by Crippen LogP contribution is 2.45. The van der Waals surface area contributed by atoms with Crippen LogP contribution in [0.5, 0.6) is 11.5 Å². The van der Waals surface area contributed by atoms with Gasteiger partial charge < -0.3 is 14.8 Å². The summed E-state index contributed by atoms with van der Waals surface area (Å²) in [6, 6.07) is 3.43. The smallest absolute Gasteiger partial charge is 0.182 e. The second-order valence-electron chi connectivity index (χ2n) is 3.66. The Morgan fingerprint density at radius 3 is 1.93 bits per heavy atom. The summed E-state index contributed by atoms with van der Waals surface area (Å²) in [5.41, 5.74) is 0. The topological polar surface area (TPSA) is 30.5 Å². The summed E-state index contributed by atoms with van der Waals surface area (Å²) < 4.78 is 11.5. The zero-order valence-corrected chi connectivity index (χ0v) is 9.31. The molecule has 2 atom stereocenters. The zero-order chi connectivity index (χ0) is 10.4. The average Bonchev–Trinajstić information content (AvgIpc) is 2.69. The van der Waals surface area contributed by atoms with Crippen molar-refractivity contribution in [1.29, 1.82) is 0 Å². The van der Waals surface area contributed by atoms with Crippen LogP contribution in [-0.4, -0.2) is 25.3 Å². The van der Waals surface area contributed by atoms with Crippen molar-refractivity contribution in [3.05, 3.63) is 22.2 Å². The van der Waals surface area contributed by atoms with Gasteiger partial charge in [-0.2, -0.15) is 0 Å². The standard InChI is InChI=1S/C10H9Cl2NO2/c11-5-1-2-6(12)10-9(5)14-7-3-13-4-8(7)15-10/h1-2,7-8,13H,3-4H2/t7-,8-/m0/s1. The highest BCUT2D eigenvalue weighted by molar-refractivity contribution is 6.35. The van der Waals surface area contributed by atoms with Crippen molar-refractivity contribution in [3.63, 3.8) is 0 Å². The van der Waals surface area contributed by atoms with E-state index in [4.69, 9.17) is 32.7 Å². The molecular weight excluding hydrogens is 237 g/mol. The maximum absolute atomic E-state index is 6.02. The molecule has 0 unspecified atom stereocenters. The average molecular weight is 246 g/mol. The molecule has 1 fully saturated rings. The van der Waals surface area contributed by atoms with Gasteiger partial charge in [0.05, 0.1) is 10.0 Å². The Balaban J connectivity index is 2.06. The Labute approximate surface area is 97.3 Å². The summed E-state index contributed by atoms with van der Waals surface area (Å²) in [5, 5.41) is 4.28. The SMILES string of the molecule is Clc1ccc(Cl)c2c1O[C@H]1CNC[C@@H]1O2. The fraction of sp³-hybridized carbons (Fsp3) is 0.400. The summed E-state index contributed by atoms with van der Waals surface area (Å²) in [5.74, 6) is 1.13. The van der Waals surface area contributed by atoms with E-state index in [2.05, 4.69) is 5.32 Å². The summed E-state index contributed by atoms with van der Waals surface area (Å²) in [7, 11) is 0. The van der Waals surface area contributed by atoms with Crippen molar-refractivity contribution in [2.24, 2.45) is 0 Å². The molecule has 2 heterocycles. The van der Waals surface area contributed by atoms with Gasteiger partial charge in [-0.25, -0.2) is 0 Å². The van der Waals surface area contributed by atoms with Crippen LogP contribution in [0.25, 0.3) is 0 Å². The van der Waals surface area contributed by atoms with Crippen molar-refractivity contribution >= 4 is 23.2 Å². The van der Waals surface area contributed by atoms with E-state index in [9.17, 15) is 0 Å². The first-order valence-corrected chi connectivity index (χ1v) is 5.53. The van der Waals surface area contributed by atoms with Crippen molar-refractivity contribution in [2.75, 3.05) is 13.1 Å². The molecule has 5 heteroatoms. The third kappa shape index (κ3) is 1.46. The van der Waals surface area contributed by atoms with E-state index in [0.29, 0.717) is 21.5 Å². The Hall–Kier alpha value is -0.640. The number of hydrogen-bond acceptors (Lipinski definition) is 3. The van der Waals surface area contributed by atoms with Gasteiger partial charge in [-0.05, 0) is 12.1 Å². The van der Waals surface area contributed by atoms with Crippen molar-refractivity contribution in [2.45, 2.75) is 12.2 Å². The molecule has 0 saturated carbocycles. The first kappa shape index (κ1) is 9.58. The largest absolute Gasteiger partial charge is 0.480 e. The van der Waals surface area contributed by atoms with Gasteiger partial charge in [-0.3, -0.25) is 0 Å². The van der Waals surface area contributed by atoms with E-state index in [0.717, 1.165) is 13.1 Å². The van der Waals surface area contributed by atoms with Crippen LogP contribution < -0.4 is 14.8 Å². The van der Waals surface area contributed by atoms with E-state index in [-0.39, 0.29) is 12.2 Å². The Kier molecular flexibility index (Phi) is 2.20. The van der Waals surface area contributed by atoms with Gasteiger partial charge in [-0.1, -0.05) is 23.2 Å². The lowest BCUT2D eigenvalue weighted by Gasteiger charge is -2.29. The molecule has 0 radical (unpaired) electrons. The maximum Gasteiger partial charge on any atom is 0.182 e. The lowest BCUT2D eigenvalue weighted by Crippen LogP contribution is -2.38. The molecule has 80 valence electrons. The summed E-state index contributed by atoms with van der Waals surface area (Å²) >= 11 is 12.0. The van der Waals surface area contributed by atoms with Crippen molar-refractivity contribution in [1.82, 2.24) is 5.32 Å². The van der Waals surface area contributed by atoms with E-state index >= 15 is 0 Å². The quantitative estimate of drug-likeness (QED) is 0.760. The number of benzene rings is 1. The van der Waals surface area contributed by atoms with E-state index in [1.807, 2.05) is 0 Å². The number of hydrogen-bond donors (Lipinski definition) is 1. The van der Waals surface area contributed by atoms with Crippen LogP contribution in [0.1, 0.15) is 0 Å². The fourth-order valence-corrected chi connectivity index (χ4v) is 2.29. The molecule has 3 nitrogen and oxygen atoms in total. The van der Waals surface area contributed by atoms with Crippen LogP contribution in [0.15, 0.2) is 12.1 Å². The van der Waals surface area contributed by atoms with Crippen LogP contribution in [-0.2, 0) is 0 Å². The minimum atomic E-state index is 0.0356. The predicted molar refractivity (Wildman–Crippen MR) is 58.2 cm³/mol. The predicted octanol–water partition coefficient (Wildman–Crippen LogP) is 2.10. The van der Waals surface area contributed by atoms with Crippen LogP contribution in [0.2, 0.25) is 10.0 Å². The zero-order valence-electron chi connectivity index (χ0n) is 7.80. The lowest BCUT2D eigenvalue weighted by atomic mass is 10.2. The molecule has 1 saturated heterocycles. The molecule has 15 heavy (non-hydrogen) atoms. The molecule has 2 aliphatic rings. The van der Waals surface area contributed by atoms with Crippen molar-refractivity contribution < 1.29 is 9.47 Å². The highest BCUT2D eigenvalue weighted by atomic mass is 35.5. The molecule has 1 aromatic carbocycles. The maximum atomic E-state index is 6.02. The van der Waals surface area contributed by atoms with Gasteiger partial charge >= 0.3 is 0 Å². The van der Waals surface area contributed by atoms with Gasteiger partial charge in [0, 0.05) is 13.1 Å². The monoisotopic (exact) mass is 245 g/mol. The van der Waals surface area contributed by atoms with Crippen LogP contribution in [0.3, 0.4) is 0 Å². The first-order chi connectivity index (χ1) is 7.25. The molecule has 0 aromatic heterocycles. The molecule has 0 bridgehead atoms. The second kappa shape index (κ2) is 3.44. The Morgan fingerprint density at radius 2 is 1.47 bits per heavy atom. The van der Waals surface area contributed by atoms with Gasteiger partial charge in [0.1, 0.15) is 12.2 Å². The van der Waals surface area contributed by atoms with Crippen molar-refractivity contribution in [3.8, 4) is 11.5 Å². The van der Waals surface area contributed by atoms with Crippen LogP contribution in [0, 0.1) is 0 Å². The summed E-state index contributed by atoms with van der Waals surface area (Å²) in [4.78, 5) is 0. The normalized spacial score (nSPS) is 27.6. The molecule has 0 aliphatic carbocycles. The molecule has 0 spiro atoms. The lowest BCUT2D eigenvalue weighted by molar-refractivity contribution is 0.0555. The molecule has 0 amide bonds. The molecule has 2 aliphatic heterocycles. The highest BCUT2D eigenvalue weighted by Gasteiger charge is 2.37. The summed E-state index contributed by atoms with van der Waals surface area (Å²) in [6.45, 7) is 1.57. The molecular formula is C10H9Cl2NO2. The molecule has 1 aromatic rings.